The Balaban J connectivity index is 0.000000193. The standard InChI is InChI=1S/CO7P2.H4O7P2.Ti/c2-9-4-1(5-9)6-10(3,7-1)8-9;1-8(2,3)7-9(4,5)6;/h;(H2,1,2,3)(H2,4,5,6);/q;;+4/p-4. The van der Waals surface area contributed by atoms with Crippen molar-refractivity contribution in [1.29, 1.82) is 0 Å². The van der Waals surface area contributed by atoms with Gasteiger partial charge in [0.2, 0.25) is 0 Å². The number of hydrogen-bond donors (Lipinski definition) is 0. The summed E-state index contributed by atoms with van der Waals surface area (Å²) in [6.07, 6.45) is -1.76. The molecule has 0 N–H and O–H groups in total. The normalized spacial score (nSPS) is 41.2. The maximum Gasteiger partial charge on any atom is 4.00 e. The molecule has 6 heterocycles. The molecule has 6 rings (SSSR count). The largest absolute Gasteiger partial charge is 4.00 e. The number of rotatable bonds is 2. The van der Waals surface area contributed by atoms with Gasteiger partial charge in [-0.1, -0.05) is 0 Å². The Morgan fingerprint density at radius 1 is 0.850 bits per heavy atom. The molecule has 0 aromatic carbocycles. The molecule has 0 amide bonds. The summed E-state index contributed by atoms with van der Waals surface area (Å²) in [5, 5.41) is 0. The van der Waals surface area contributed by atoms with E-state index < -0.39 is 37.5 Å². The molecule has 1 spiro atoms. The summed E-state index contributed by atoms with van der Waals surface area (Å²) in [4.78, 5) is 37.3. The van der Waals surface area contributed by atoms with Gasteiger partial charge in [-0.05, 0) is 0 Å². The molecule has 6 aliphatic rings. The molecule has 0 aromatic heterocycles. The molecule has 0 radical (unpaired) electrons. The molecule has 19 heteroatoms. The van der Waals surface area contributed by atoms with Crippen LogP contribution in [0.25, 0.3) is 0 Å². The number of phosphoric acid groups is 4. The molecule has 0 saturated carbocycles. The third-order valence-corrected chi connectivity index (χ3v) is 6.28. The first-order valence-corrected chi connectivity index (χ1v) is 9.58. The van der Waals surface area contributed by atoms with E-state index in [1.165, 1.54) is 0 Å². The average molecular weight is 408 g/mol. The molecule has 0 aliphatic carbocycles. The van der Waals surface area contributed by atoms with E-state index in [4.69, 9.17) is 0 Å². The zero-order valence-corrected chi connectivity index (χ0v) is 13.6. The van der Waals surface area contributed by atoms with Crippen LogP contribution in [-0.4, -0.2) is 6.16 Å². The van der Waals surface area contributed by atoms with Gasteiger partial charge < -0.3 is 33.0 Å². The maximum absolute atomic E-state index is 10.7. The Morgan fingerprint density at radius 2 is 1.15 bits per heavy atom. The first kappa shape index (κ1) is 19.3. The third-order valence-electron chi connectivity index (χ3n) is 1.29. The van der Waals surface area contributed by atoms with Gasteiger partial charge in [0.15, 0.2) is 0 Å². The van der Waals surface area contributed by atoms with Gasteiger partial charge in [0.1, 0.15) is 0 Å². The van der Waals surface area contributed by atoms with Gasteiger partial charge in [0, 0.05) is 0 Å². The molecule has 20 heavy (non-hydrogen) atoms. The van der Waals surface area contributed by atoms with Crippen LogP contribution in [-0.2, 0) is 66.7 Å². The Hall–Kier alpha value is 1.23. The van der Waals surface area contributed by atoms with Crippen molar-refractivity contribution in [3.8, 4) is 0 Å². The molecule has 112 valence electrons. The topological polar surface area (TPSA) is 216 Å². The second kappa shape index (κ2) is 5.40. The smallest absolute Gasteiger partial charge is 0.790 e. The molecule has 0 aromatic rings. The predicted molar refractivity (Wildman–Crippen MR) is 39.7 cm³/mol. The second-order valence-corrected chi connectivity index (χ2v) is 8.43. The van der Waals surface area contributed by atoms with E-state index in [9.17, 15) is 37.8 Å². The molecular formula is CO14P4Ti. The van der Waals surface area contributed by atoms with Gasteiger partial charge >= 0.3 is 43.5 Å². The summed E-state index contributed by atoms with van der Waals surface area (Å²) >= 11 is 0. The summed E-state index contributed by atoms with van der Waals surface area (Å²) in [6, 6.07) is 0. The zero-order chi connectivity index (χ0) is 14.7. The van der Waals surface area contributed by atoms with Crippen molar-refractivity contribution in [3.63, 3.8) is 0 Å². The zero-order valence-electron chi connectivity index (χ0n) is 8.50. The molecule has 3 bridgehead atoms. The first-order chi connectivity index (χ1) is 8.24. The summed E-state index contributed by atoms with van der Waals surface area (Å²) < 4.78 is 64.4. The van der Waals surface area contributed by atoms with Crippen LogP contribution in [0.2, 0.25) is 0 Å². The monoisotopic (exact) mass is 408 g/mol. The third kappa shape index (κ3) is 4.61. The van der Waals surface area contributed by atoms with E-state index >= 15 is 0 Å². The maximum atomic E-state index is 10.7. The minimum absolute atomic E-state index is 0. The van der Waals surface area contributed by atoms with Gasteiger partial charge in [-0.25, -0.2) is 27.2 Å². The Morgan fingerprint density at radius 3 is 1.25 bits per heavy atom. The fourth-order valence-electron chi connectivity index (χ4n) is 0.940. The van der Waals surface area contributed by atoms with Gasteiger partial charge in [-0.3, -0.25) is 0 Å². The van der Waals surface area contributed by atoms with Crippen LogP contribution in [0.1, 0.15) is 0 Å². The Bertz CT molecular complexity index is 506. The molecule has 0 atom stereocenters. The minimum Gasteiger partial charge on any atom is -0.790 e. The van der Waals surface area contributed by atoms with Crippen LogP contribution in [0.5, 0.6) is 0 Å². The minimum atomic E-state index is -5.68. The van der Waals surface area contributed by atoms with Gasteiger partial charge in [-0.2, -0.15) is 4.31 Å². The fourth-order valence-corrected chi connectivity index (χ4v) is 5.09. The van der Waals surface area contributed by atoms with Crippen LogP contribution in [0.4, 0.5) is 0 Å². The van der Waals surface area contributed by atoms with Crippen LogP contribution < -0.4 is 19.6 Å². The summed E-state index contributed by atoms with van der Waals surface area (Å²) in [6.45, 7) is 0. The van der Waals surface area contributed by atoms with Crippen LogP contribution >= 0.6 is 31.3 Å². The number of phosphoric ester groups is 2. The van der Waals surface area contributed by atoms with E-state index in [1.807, 2.05) is 0 Å². The van der Waals surface area contributed by atoms with Gasteiger partial charge in [0.25, 0.3) is 0 Å². The van der Waals surface area contributed by atoms with Crippen molar-refractivity contribution in [1.82, 2.24) is 0 Å². The summed E-state index contributed by atoms with van der Waals surface area (Å²) in [5.74, 6) is 0. The molecule has 14 nitrogen and oxygen atoms in total. The van der Waals surface area contributed by atoms with Crippen LogP contribution in [0.15, 0.2) is 0 Å². The van der Waals surface area contributed by atoms with E-state index in [1.54, 1.807) is 0 Å². The number of hydrogen-bond acceptors (Lipinski definition) is 14. The predicted octanol–water partition coefficient (Wildman–Crippen LogP) is -2.40. The molecule has 6 saturated heterocycles. The van der Waals surface area contributed by atoms with Crippen molar-refractivity contribution in [2.75, 3.05) is 0 Å². The van der Waals surface area contributed by atoms with Gasteiger partial charge in [0.05, 0.1) is 15.6 Å². The van der Waals surface area contributed by atoms with Crippen LogP contribution in [0, 0.1) is 0 Å². The van der Waals surface area contributed by atoms with Crippen molar-refractivity contribution in [2.45, 2.75) is 6.16 Å². The Kier molecular flexibility index (Phi) is 5.21. The van der Waals surface area contributed by atoms with E-state index in [2.05, 4.69) is 26.7 Å². The summed E-state index contributed by atoms with van der Waals surface area (Å²) in [5.41, 5.74) is 0. The van der Waals surface area contributed by atoms with E-state index in [0.29, 0.717) is 0 Å². The fraction of sp³-hybridized carbons (Fsp3) is 1.00. The SMILES string of the molecule is O=P([O-])([O-])OP(=O)([O-])[O-].O=P12OC3(O1)OP(=O)(O3)O2.[Ti+4]. The van der Waals surface area contributed by atoms with Gasteiger partial charge in [-0.15, -0.1) is 0 Å². The van der Waals surface area contributed by atoms with Crippen molar-refractivity contribution in [2.24, 2.45) is 0 Å². The van der Waals surface area contributed by atoms with Crippen molar-refractivity contribution >= 4 is 31.3 Å². The first-order valence-electron chi connectivity index (χ1n) is 3.74. The average Bonchev–Trinajstić information content (AvgIpc) is 1.87. The molecular weight excluding hydrogens is 408 g/mol. The van der Waals surface area contributed by atoms with E-state index in [-0.39, 0.29) is 21.7 Å². The second-order valence-electron chi connectivity index (χ2n) is 2.82. The quantitative estimate of drug-likeness (QED) is 0.344. The molecule has 6 fully saturated rings. The van der Waals surface area contributed by atoms with Crippen molar-refractivity contribution in [3.05, 3.63) is 0 Å². The van der Waals surface area contributed by atoms with Crippen LogP contribution in [0.3, 0.4) is 0 Å². The molecule has 0 unspecified atom stereocenters. The Labute approximate surface area is 124 Å². The molecule has 6 aliphatic heterocycles. The summed E-state index contributed by atoms with van der Waals surface area (Å²) in [7, 11) is -18.4. The van der Waals surface area contributed by atoms with Crippen molar-refractivity contribution < 1.29 is 86.3 Å². The van der Waals surface area contributed by atoms with E-state index in [0.717, 1.165) is 0 Å².